The van der Waals surface area contributed by atoms with Crippen LogP contribution < -0.4 is 0 Å². The van der Waals surface area contributed by atoms with E-state index in [9.17, 15) is 4.79 Å². The summed E-state index contributed by atoms with van der Waals surface area (Å²) >= 11 is 0. The van der Waals surface area contributed by atoms with Crippen molar-refractivity contribution >= 4 is 5.97 Å². The van der Waals surface area contributed by atoms with E-state index in [4.69, 9.17) is 9.52 Å². The van der Waals surface area contributed by atoms with Crippen molar-refractivity contribution in [1.82, 2.24) is 0 Å². The Bertz CT molecular complexity index is 329. The van der Waals surface area contributed by atoms with Crippen LogP contribution in [0.15, 0.2) is 22.8 Å². The minimum absolute atomic E-state index is 0.311. The SMILES string of the molecule is O=C(O)CC1CCCCC1Cc1ccco1. The summed E-state index contributed by atoms with van der Waals surface area (Å²) in [4.78, 5) is 10.8. The third-order valence-corrected chi connectivity index (χ3v) is 3.55. The van der Waals surface area contributed by atoms with Gasteiger partial charge in [0.25, 0.3) is 0 Å². The van der Waals surface area contributed by atoms with Crippen LogP contribution in [0.1, 0.15) is 37.9 Å². The molecule has 88 valence electrons. The Morgan fingerprint density at radius 2 is 2.12 bits per heavy atom. The molecule has 1 aromatic rings. The molecule has 1 N–H and O–H groups in total. The van der Waals surface area contributed by atoms with E-state index >= 15 is 0 Å². The number of aliphatic carboxylic acids is 1. The van der Waals surface area contributed by atoms with Crippen LogP contribution in [-0.2, 0) is 11.2 Å². The van der Waals surface area contributed by atoms with Gasteiger partial charge in [-0.25, -0.2) is 0 Å². The third-order valence-electron chi connectivity index (χ3n) is 3.55. The standard InChI is InChI=1S/C13H18O3/c14-13(15)9-11-5-2-1-4-10(11)8-12-6-3-7-16-12/h3,6-7,10-11H,1-2,4-5,8-9H2,(H,14,15). The first-order valence-electron chi connectivity index (χ1n) is 6.00. The van der Waals surface area contributed by atoms with E-state index in [1.165, 1.54) is 12.8 Å². The van der Waals surface area contributed by atoms with Gasteiger partial charge in [-0.2, -0.15) is 0 Å². The summed E-state index contributed by atoms with van der Waals surface area (Å²) in [6, 6.07) is 3.87. The topological polar surface area (TPSA) is 50.4 Å². The first kappa shape index (κ1) is 11.2. The van der Waals surface area contributed by atoms with Crippen LogP contribution in [0, 0.1) is 11.8 Å². The number of furan rings is 1. The van der Waals surface area contributed by atoms with Crippen LogP contribution in [0.3, 0.4) is 0 Å². The predicted octanol–water partition coefficient (Wildman–Crippen LogP) is 3.10. The highest BCUT2D eigenvalue weighted by Gasteiger charge is 2.27. The molecule has 1 saturated carbocycles. The molecule has 2 unspecified atom stereocenters. The second-order valence-corrected chi connectivity index (χ2v) is 4.69. The zero-order valence-electron chi connectivity index (χ0n) is 9.39. The Hall–Kier alpha value is -1.25. The van der Waals surface area contributed by atoms with Crippen LogP contribution in [0.2, 0.25) is 0 Å². The van der Waals surface area contributed by atoms with Crippen LogP contribution in [0.5, 0.6) is 0 Å². The van der Waals surface area contributed by atoms with Gasteiger partial charge < -0.3 is 9.52 Å². The van der Waals surface area contributed by atoms with E-state index < -0.39 is 5.97 Å². The summed E-state index contributed by atoms with van der Waals surface area (Å²) in [5, 5.41) is 8.89. The van der Waals surface area contributed by atoms with E-state index in [2.05, 4.69) is 0 Å². The van der Waals surface area contributed by atoms with Crippen molar-refractivity contribution in [1.29, 1.82) is 0 Å². The third kappa shape index (κ3) is 2.87. The first-order chi connectivity index (χ1) is 7.75. The van der Waals surface area contributed by atoms with Gasteiger partial charge in [0.05, 0.1) is 6.26 Å². The second-order valence-electron chi connectivity index (χ2n) is 4.69. The minimum Gasteiger partial charge on any atom is -0.481 e. The summed E-state index contributed by atoms with van der Waals surface area (Å²) in [7, 11) is 0. The molecular weight excluding hydrogens is 204 g/mol. The fourth-order valence-electron chi connectivity index (χ4n) is 2.73. The Kier molecular flexibility index (Phi) is 3.65. The summed E-state index contributed by atoms with van der Waals surface area (Å²) in [6.07, 6.45) is 7.48. The summed E-state index contributed by atoms with van der Waals surface area (Å²) in [5.74, 6) is 1.13. The molecule has 1 heterocycles. The fraction of sp³-hybridized carbons (Fsp3) is 0.615. The van der Waals surface area contributed by atoms with Gasteiger partial charge in [0.1, 0.15) is 5.76 Å². The zero-order valence-corrected chi connectivity index (χ0v) is 9.39. The van der Waals surface area contributed by atoms with Gasteiger partial charge in [-0.15, -0.1) is 0 Å². The monoisotopic (exact) mass is 222 g/mol. The van der Waals surface area contributed by atoms with Crippen molar-refractivity contribution in [2.45, 2.75) is 38.5 Å². The van der Waals surface area contributed by atoms with E-state index in [1.54, 1.807) is 6.26 Å². The van der Waals surface area contributed by atoms with Gasteiger partial charge in [-0.05, 0) is 36.8 Å². The lowest BCUT2D eigenvalue weighted by Crippen LogP contribution is -2.23. The number of carboxylic acids is 1. The summed E-state index contributed by atoms with van der Waals surface area (Å²) in [6.45, 7) is 0. The van der Waals surface area contributed by atoms with Crippen molar-refractivity contribution in [3.63, 3.8) is 0 Å². The Morgan fingerprint density at radius 1 is 1.38 bits per heavy atom. The summed E-state index contributed by atoms with van der Waals surface area (Å²) in [5.41, 5.74) is 0. The van der Waals surface area contributed by atoms with Gasteiger partial charge in [-0.1, -0.05) is 12.8 Å². The highest BCUT2D eigenvalue weighted by atomic mass is 16.4. The maximum atomic E-state index is 10.8. The Morgan fingerprint density at radius 3 is 2.75 bits per heavy atom. The molecule has 3 heteroatoms. The number of hydrogen-bond donors (Lipinski definition) is 1. The average Bonchev–Trinajstić information content (AvgIpc) is 2.73. The molecule has 0 bridgehead atoms. The molecule has 1 aromatic heterocycles. The number of carboxylic acid groups (broad SMARTS) is 1. The lowest BCUT2D eigenvalue weighted by molar-refractivity contribution is -0.138. The lowest BCUT2D eigenvalue weighted by Gasteiger charge is -2.29. The quantitative estimate of drug-likeness (QED) is 0.851. The van der Waals surface area contributed by atoms with Crippen molar-refractivity contribution in [3.05, 3.63) is 24.2 Å². The minimum atomic E-state index is -0.670. The molecule has 2 rings (SSSR count). The van der Waals surface area contributed by atoms with Gasteiger partial charge >= 0.3 is 5.97 Å². The molecule has 0 spiro atoms. The number of rotatable bonds is 4. The van der Waals surface area contributed by atoms with E-state index in [1.807, 2.05) is 12.1 Å². The predicted molar refractivity (Wildman–Crippen MR) is 60.1 cm³/mol. The molecule has 1 fully saturated rings. The normalized spacial score (nSPS) is 25.5. The molecule has 0 aromatic carbocycles. The van der Waals surface area contributed by atoms with Crippen molar-refractivity contribution in [2.75, 3.05) is 0 Å². The van der Waals surface area contributed by atoms with Gasteiger partial charge in [-0.3, -0.25) is 4.79 Å². The highest BCUT2D eigenvalue weighted by Crippen LogP contribution is 2.34. The summed E-state index contributed by atoms with van der Waals surface area (Å²) < 4.78 is 5.34. The smallest absolute Gasteiger partial charge is 0.303 e. The molecule has 1 aliphatic carbocycles. The molecule has 0 aliphatic heterocycles. The van der Waals surface area contributed by atoms with E-state index in [-0.39, 0.29) is 0 Å². The molecular formula is C13H18O3. The zero-order chi connectivity index (χ0) is 11.4. The Labute approximate surface area is 95.5 Å². The molecule has 3 nitrogen and oxygen atoms in total. The van der Waals surface area contributed by atoms with Gasteiger partial charge in [0, 0.05) is 12.8 Å². The molecule has 0 radical (unpaired) electrons. The molecule has 2 atom stereocenters. The second kappa shape index (κ2) is 5.19. The molecule has 0 amide bonds. The molecule has 16 heavy (non-hydrogen) atoms. The van der Waals surface area contributed by atoms with Crippen LogP contribution in [0.4, 0.5) is 0 Å². The number of hydrogen-bond acceptors (Lipinski definition) is 2. The number of carbonyl (C=O) groups is 1. The van der Waals surface area contributed by atoms with E-state index in [0.29, 0.717) is 18.3 Å². The van der Waals surface area contributed by atoms with Crippen LogP contribution in [-0.4, -0.2) is 11.1 Å². The maximum absolute atomic E-state index is 10.8. The van der Waals surface area contributed by atoms with Gasteiger partial charge in [0.2, 0.25) is 0 Å². The average molecular weight is 222 g/mol. The van der Waals surface area contributed by atoms with Gasteiger partial charge in [0.15, 0.2) is 0 Å². The van der Waals surface area contributed by atoms with Crippen LogP contribution in [0.25, 0.3) is 0 Å². The molecule has 1 aliphatic rings. The maximum Gasteiger partial charge on any atom is 0.303 e. The van der Waals surface area contributed by atoms with Crippen molar-refractivity contribution in [3.8, 4) is 0 Å². The molecule has 0 saturated heterocycles. The Balaban J connectivity index is 1.96. The van der Waals surface area contributed by atoms with Crippen molar-refractivity contribution in [2.24, 2.45) is 11.8 Å². The lowest BCUT2D eigenvalue weighted by atomic mass is 9.75. The highest BCUT2D eigenvalue weighted by molar-refractivity contribution is 5.67. The van der Waals surface area contributed by atoms with Crippen molar-refractivity contribution < 1.29 is 14.3 Å². The fourth-order valence-corrected chi connectivity index (χ4v) is 2.73. The first-order valence-corrected chi connectivity index (χ1v) is 6.00. The largest absolute Gasteiger partial charge is 0.481 e. The van der Waals surface area contributed by atoms with E-state index in [0.717, 1.165) is 25.0 Å². The van der Waals surface area contributed by atoms with Crippen LogP contribution >= 0.6 is 0 Å².